The largest absolute Gasteiger partial charge is 0.378 e. The van der Waals surface area contributed by atoms with Gasteiger partial charge in [-0.15, -0.1) is 0 Å². The lowest BCUT2D eigenvalue weighted by Gasteiger charge is -2.08. The molecule has 162 valence electrons. The van der Waals surface area contributed by atoms with Crippen LogP contribution >= 0.6 is 0 Å². The van der Waals surface area contributed by atoms with Crippen LogP contribution in [0.4, 0.5) is 0 Å². The highest BCUT2D eigenvalue weighted by atomic mass is 16.5. The Labute approximate surface area is 175 Å². The lowest BCUT2D eigenvalue weighted by molar-refractivity contribution is 0.0157. The number of carbonyl (C=O) groups excluding carboxylic acids is 1. The van der Waals surface area contributed by atoms with E-state index in [0.29, 0.717) is 51.7 Å². The van der Waals surface area contributed by atoms with Crippen molar-refractivity contribution in [3.63, 3.8) is 0 Å². The zero-order valence-electron chi connectivity index (χ0n) is 17.9. The van der Waals surface area contributed by atoms with E-state index in [0.717, 1.165) is 37.9 Å². The van der Waals surface area contributed by atoms with E-state index < -0.39 is 0 Å². The standard InChI is InChI=1S/C23H36N2O4/c1-3-5-6-7-21-8-10-22(11-9-21)23(26)25-14-16-28-18-20-29-19-17-27-15-13-24-12-4-2/h8-11,24H,3-5,12-20H2,1-2H3,(H,25,26). The highest BCUT2D eigenvalue weighted by Gasteiger charge is 2.04. The van der Waals surface area contributed by atoms with Gasteiger partial charge in [-0.3, -0.25) is 4.79 Å². The lowest BCUT2D eigenvalue weighted by atomic mass is 10.1. The second-order valence-corrected chi connectivity index (χ2v) is 6.47. The number of unbranched alkanes of at least 4 members (excludes halogenated alkanes) is 1. The van der Waals surface area contributed by atoms with Gasteiger partial charge in [0, 0.05) is 30.6 Å². The van der Waals surface area contributed by atoms with Gasteiger partial charge in [-0.05, 0) is 43.7 Å². The summed E-state index contributed by atoms with van der Waals surface area (Å²) in [6.45, 7) is 9.93. The molecule has 0 atom stereocenters. The molecule has 0 fully saturated rings. The molecule has 1 rings (SSSR count). The Morgan fingerprint density at radius 3 is 2.07 bits per heavy atom. The summed E-state index contributed by atoms with van der Waals surface area (Å²) in [6, 6.07) is 7.33. The van der Waals surface area contributed by atoms with Crippen LogP contribution in [0.15, 0.2) is 24.3 Å². The monoisotopic (exact) mass is 404 g/mol. The van der Waals surface area contributed by atoms with Crippen molar-refractivity contribution in [2.45, 2.75) is 33.1 Å². The van der Waals surface area contributed by atoms with Gasteiger partial charge in [0.1, 0.15) is 0 Å². The van der Waals surface area contributed by atoms with E-state index in [1.165, 1.54) is 0 Å². The first-order chi connectivity index (χ1) is 14.3. The van der Waals surface area contributed by atoms with Crippen molar-refractivity contribution in [3.8, 4) is 11.8 Å². The van der Waals surface area contributed by atoms with Gasteiger partial charge in [0.2, 0.25) is 0 Å². The Morgan fingerprint density at radius 1 is 0.828 bits per heavy atom. The molecule has 0 heterocycles. The summed E-state index contributed by atoms with van der Waals surface area (Å²) < 4.78 is 16.3. The maximum atomic E-state index is 12.1. The minimum atomic E-state index is -0.108. The van der Waals surface area contributed by atoms with Gasteiger partial charge in [-0.2, -0.15) is 0 Å². The van der Waals surface area contributed by atoms with Crippen LogP contribution in [-0.2, 0) is 14.2 Å². The zero-order chi connectivity index (χ0) is 21.0. The zero-order valence-corrected chi connectivity index (χ0v) is 17.9. The maximum absolute atomic E-state index is 12.1. The van der Waals surface area contributed by atoms with E-state index in [1.54, 1.807) is 12.1 Å². The van der Waals surface area contributed by atoms with E-state index in [9.17, 15) is 4.79 Å². The number of carbonyl (C=O) groups is 1. The van der Waals surface area contributed by atoms with Gasteiger partial charge < -0.3 is 24.8 Å². The molecule has 6 heteroatoms. The van der Waals surface area contributed by atoms with Crippen LogP contribution in [0.3, 0.4) is 0 Å². The van der Waals surface area contributed by atoms with Gasteiger partial charge in [-0.25, -0.2) is 0 Å². The quantitative estimate of drug-likeness (QED) is 0.327. The summed E-state index contributed by atoms with van der Waals surface area (Å²) >= 11 is 0. The Kier molecular flexibility index (Phi) is 15.7. The van der Waals surface area contributed by atoms with Gasteiger partial charge in [0.05, 0.1) is 39.6 Å². The second kappa shape index (κ2) is 18.1. The lowest BCUT2D eigenvalue weighted by Crippen LogP contribution is -2.27. The van der Waals surface area contributed by atoms with Gasteiger partial charge in [0.15, 0.2) is 0 Å². The summed E-state index contributed by atoms with van der Waals surface area (Å²) in [5, 5.41) is 6.12. The number of hydrogen-bond donors (Lipinski definition) is 2. The topological polar surface area (TPSA) is 68.8 Å². The van der Waals surface area contributed by atoms with Crippen molar-refractivity contribution >= 4 is 5.91 Å². The van der Waals surface area contributed by atoms with Crippen LogP contribution in [0, 0.1) is 11.8 Å². The molecule has 1 amide bonds. The number of rotatable bonds is 16. The molecule has 0 aliphatic carbocycles. The normalized spacial score (nSPS) is 10.4. The number of nitrogens with one attached hydrogen (secondary N) is 2. The van der Waals surface area contributed by atoms with Gasteiger partial charge in [0.25, 0.3) is 5.91 Å². The Morgan fingerprint density at radius 2 is 1.45 bits per heavy atom. The minimum Gasteiger partial charge on any atom is -0.378 e. The molecule has 0 aromatic heterocycles. The van der Waals surface area contributed by atoms with E-state index in [-0.39, 0.29) is 5.91 Å². The first-order valence-electron chi connectivity index (χ1n) is 10.6. The molecule has 0 aliphatic heterocycles. The highest BCUT2D eigenvalue weighted by Crippen LogP contribution is 2.03. The molecule has 29 heavy (non-hydrogen) atoms. The van der Waals surface area contributed by atoms with Crippen molar-refractivity contribution in [2.75, 3.05) is 59.3 Å². The van der Waals surface area contributed by atoms with Gasteiger partial charge in [-0.1, -0.05) is 25.7 Å². The molecule has 0 aliphatic rings. The predicted molar refractivity (Wildman–Crippen MR) is 116 cm³/mol. The third kappa shape index (κ3) is 13.8. The third-order valence-corrected chi connectivity index (χ3v) is 3.88. The van der Waals surface area contributed by atoms with Crippen LogP contribution in [0.25, 0.3) is 0 Å². The molecule has 0 spiro atoms. The Bertz CT molecular complexity index is 593. The fraction of sp³-hybridized carbons (Fsp3) is 0.609. The van der Waals surface area contributed by atoms with Crippen LogP contribution in [0.2, 0.25) is 0 Å². The minimum absolute atomic E-state index is 0.108. The molecule has 1 aromatic carbocycles. The van der Waals surface area contributed by atoms with Gasteiger partial charge >= 0.3 is 0 Å². The second-order valence-electron chi connectivity index (χ2n) is 6.47. The first-order valence-corrected chi connectivity index (χ1v) is 10.6. The smallest absolute Gasteiger partial charge is 0.251 e. The highest BCUT2D eigenvalue weighted by molar-refractivity contribution is 5.94. The average molecular weight is 405 g/mol. The van der Waals surface area contributed by atoms with E-state index in [2.05, 4.69) is 36.3 Å². The molecule has 0 radical (unpaired) electrons. The molecule has 6 nitrogen and oxygen atoms in total. The number of hydrogen-bond acceptors (Lipinski definition) is 5. The maximum Gasteiger partial charge on any atom is 0.251 e. The number of benzene rings is 1. The molecule has 1 aromatic rings. The molecule has 0 unspecified atom stereocenters. The molecular formula is C23H36N2O4. The SMILES string of the molecule is CCCC#Cc1ccc(C(=O)NCCOCCOCCOCCNCCC)cc1. The Balaban J connectivity index is 1.97. The van der Waals surface area contributed by atoms with Crippen LogP contribution in [-0.4, -0.2) is 65.2 Å². The average Bonchev–Trinajstić information content (AvgIpc) is 2.74. The number of ether oxygens (including phenoxy) is 3. The third-order valence-electron chi connectivity index (χ3n) is 3.88. The molecule has 0 saturated heterocycles. The molecular weight excluding hydrogens is 368 g/mol. The predicted octanol–water partition coefficient (Wildman–Crippen LogP) is 2.62. The summed E-state index contributed by atoms with van der Waals surface area (Å²) in [7, 11) is 0. The summed E-state index contributed by atoms with van der Waals surface area (Å²) in [5.41, 5.74) is 1.55. The summed E-state index contributed by atoms with van der Waals surface area (Å²) in [6.07, 6.45) is 3.07. The van der Waals surface area contributed by atoms with E-state index >= 15 is 0 Å². The fourth-order valence-electron chi connectivity index (χ4n) is 2.32. The number of amides is 1. The van der Waals surface area contributed by atoms with Crippen molar-refractivity contribution in [1.82, 2.24) is 10.6 Å². The molecule has 0 bridgehead atoms. The molecule has 0 saturated carbocycles. The van der Waals surface area contributed by atoms with Crippen LogP contribution < -0.4 is 10.6 Å². The van der Waals surface area contributed by atoms with Crippen molar-refractivity contribution in [3.05, 3.63) is 35.4 Å². The van der Waals surface area contributed by atoms with E-state index in [4.69, 9.17) is 14.2 Å². The Hall–Kier alpha value is -1.91. The van der Waals surface area contributed by atoms with Crippen LogP contribution in [0.1, 0.15) is 49.0 Å². The summed E-state index contributed by atoms with van der Waals surface area (Å²) in [4.78, 5) is 12.1. The van der Waals surface area contributed by atoms with E-state index in [1.807, 2.05) is 12.1 Å². The van der Waals surface area contributed by atoms with Crippen molar-refractivity contribution < 1.29 is 19.0 Å². The van der Waals surface area contributed by atoms with Crippen molar-refractivity contribution in [1.29, 1.82) is 0 Å². The molecule has 2 N–H and O–H groups in total. The van der Waals surface area contributed by atoms with Crippen LogP contribution in [0.5, 0.6) is 0 Å². The summed E-state index contributed by atoms with van der Waals surface area (Å²) in [5.74, 6) is 6.07. The fourth-order valence-corrected chi connectivity index (χ4v) is 2.32. The first kappa shape index (κ1) is 25.1. The van der Waals surface area contributed by atoms with Crippen molar-refractivity contribution in [2.24, 2.45) is 0 Å².